The van der Waals surface area contributed by atoms with Gasteiger partial charge in [-0.1, -0.05) is 6.92 Å². The first-order chi connectivity index (χ1) is 8.52. The van der Waals surface area contributed by atoms with Crippen molar-refractivity contribution in [3.8, 4) is 0 Å². The van der Waals surface area contributed by atoms with Crippen molar-refractivity contribution >= 4 is 22.1 Å². The summed E-state index contributed by atoms with van der Waals surface area (Å²) in [7, 11) is -2.74. The molecule has 0 amide bonds. The van der Waals surface area contributed by atoms with E-state index in [1.807, 2.05) is 0 Å². The van der Waals surface area contributed by atoms with Crippen LogP contribution in [0.5, 0.6) is 0 Å². The highest BCUT2D eigenvalue weighted by molar-refractivity contribution is 7.91. The van der Waals surface area contributed by atoms with Gasteiger partial charge < -0.3 is 19.7 Å². The molecule has 0 aliphatic heterocycles. The van der Waals surface area contributed by atoms with Gasteiger partial charge in [-0.25, -0.2) is 18.0 Å². The van der Waals surface area contributed by atoms with Gasteiger partial charge in [-0.2, -0.15) is 0 Å². The van der Waals surface area contributed by atoms with Crippen molar-refractivity contribution in [3.63, 3.8) is 0 Å². The number of hydrogen-bond acceptors (Lipinski definition) is 6. The van der Waals surface area contributed by atoms with E-state index >= 15 is 0 Å². The fourth-order valence-corrected chi connectivity index (χ4v) is 1.39. The molecule has 0 radical (unpaired) electrons. The smallest absolute Gasteiger partial charge is 0.450 e. The van der Waals surface area contributed by atoms with Crippen LogP contribution in [0.25, 0.3) is 0 Å². The maximum atomic E-state index is 10.7. The molecule has 0 aliphatic carbocycles. The highest BCUT2D eigenvalue weighted by Gasteiger charge is 2.11. The topological polar surface area (TPSA) is 127 Å². The number of ether oxygens (including phenoxy) is 2. The highest BCUT2D eigenvalue weighted by Crippen LogP contribution is 1.98. The largest absolute Gasteiger partial charge is 0.506 e. The molecule has 0 aromatic heterocycles. The summed E-state index contributed by atoms with van der Waals surface area (Å²) < 4.78 is 29.6. The third-order valence-corrected chi connectivity index (χ3v) is 4.11. The lowest BCUT2D eigenvalue weighted by Crippen LogP contribution is -2.20. The monoisotopic (exact) mass is 300 g/mol. The number of sulfone groups is 1. The molecular formula is C10H20O8S. The van der Waals surface area contributed by atoms with E-state index in [0.717, 1.165) is 0 Å². The maximum Gasteiger partial charge on any atom is 0.506 e. The third-order valence-electron chi connectivity index (χ3n) is 1.86. The second kappa shape index (κ2) is 9.42. The minimum absolute atomic E-state index is 0.215. The van der Waals surface area contributed by atoms with Crippen LogP contribution in [-0.2, 0) is 19.3 Å². The van der Waals surface area contributed by atoms with Gasteiger partial charge in [0.2, 0.25) is 0 Å². The van der Waals surface area contributed by atoms with Crippen LogP contribution in [0.1, 0.15) is 27.7 Å². The molecule has 8 nitrogen and oxygen atoms in total. The van der Waals surface area contributed by atoms with Gasteiger partial charge in [-0.3, -0.25) is 0 Å². The highest BCUT2D eigenvalue weighted by atomic mass is 32.2. The van der Waals surface area contributed by atoms with Crippen molar-refractivity contribution in [2.75, 3.05) is 12.4 Å². The van der Waals surface area contributed by atoms with Gasteiger partial charge in [0, 0.05) is 5.75 Å². The van der Waals surface area contributed by atoms with Crippen molar-refractivity contribution in [2.45, 2.75) is 39.0 Å². The van der Waals surface area contributed by atoms with Crippen LogP contribution >= 0.6 is 0 Å². The summed E-state index contributed by atoms with van der Waals surface area (Å²) in [5.74, 6) is 0.255. The average molecular weight is 300 g/mol. The summed E-state index contributed by atoms with van der Waals surface area (Å²) in [6.45, 7) is 6.14. The Kier molecular flexibility index (Phi) is 9.83. The number of carbonyl (C=O) groups is 2. The van der Waals surface area contributed by atoms with Gasteiger partial charge in [-0.15, -0.1) is 0 Å². The van der Waals surface area contributed by atoms with Crippen LogP contribution in [0.3, 0.4) is 0 Å². The molecule has 0 aromatic rings. The molecule has 114 valence electrons. The Bertz CT molecular complexity index is 373. The fourth-order valence-electron chi connectivity index (χ4n) is 0.728. The Balaban J connectivity index is 0. The van der Waals surface area contributed by atoms with Gasteiger partial charge in [0.25, 0.3) is 0 Å². The molecule has 0 heterocycles. The van der Waals surface area contributed by atoms with E-state index in [-0.39, 0.29) is 17.6 Å². The van der Waals surface area contributed by atoms with Crippen LogP contribution < -0.4 is 0 Å². The van der Waals surface area contributed by atoms with Gasteiger partial charge >= 0.3 is 12.3 Å². The van der Waals surface area contributed by atoms with E-state index in [0.29, 0.717) is 0 Å². The summed E-state index contributed by atoms with van der Waals surface area (Å²) >= 11 is 0. The number of rotatable bonds is 5. The predicted octanol–water partition coefficient (Wildman–Crippen LogP) is 1.59. The lowest BCUT2D eigenvalue weighted by molar-refractivity contribution is 0.0122. The van der Waals surface area contributed by atoms with Crippen LogP contribution in [0, 0.1) is 0 Å². The Morgan fingerprint density at radius 2 is 1.58 bits per heavy atom. The van der Waals surface area contributed by atoms with Crippen molar-refractivity contribution in [1.82, 2.24) is 0 Å². The summed E-state index contributed by atoms with van der Waals surface area (Å²) in [6, 6.07) is 0. The molecule has 0 bridgehead atoms. The van der Waals surface area contributed by atoms with Gasteiger partial charge in [0.1, 0.15) is 12.7 Å². The van der Waals surface area contributed by atoms with E-state index in [2.05, 4.69) is 9.47 Å². The molecule has 19 heavy (non-hydrogen) atoms. The molecule has 0 spiro atoms. The molecule has 9 heteroatoms. The summed E-state index contributed by atoms with van der Waals surface area (Å²) in [5.41, 5.74) is 0. The van der Waals surface area contributed by atoms with Crippen molar-refractivity contribution < 1.29 is 37.7 Å². The number of carboxylic acid groups (broad SMARTS) is 2. The Labute approximate surface area is 112 Å². The molecular weight excluding hydrogens is 280 g/mol. The van der Waals surface area contributed by atoms with Crippen molar-refractivity contribution in [1.29, 1.82) is 0 Å². The SMILES string of the molecule is CC(COC(=O)O)OC(=O)O.CCS(=O)(=O)C(C)C. The Morgan fingerprint density at radius 3 is 1.79 bits per heavy atom. The van der Waals surface area contributed by atoms with Gasteiger partial charge in [0.05, 0.1) is 5.25 Å². The molecule has 0 rings (SSSR count). The zero-order valence-electron chi connectivity index (χ0n) is 11.3. The maximum absolute atomic E-state index is 10.7. The lowest BCUT2D eigenvalue weighted by Gasteiger charge is -2.08. The van der Waals surface area contributed by atoms with Crippen LogP contribution in [0.4, 0.5) is 9.59 Å². The first-order valence-electron chi connectivity index (χ1n) is 5.49. The van der Waals surface area contributed by atoms with E-state index in [4.69, 9.17) is 10.2 Å². The lowest BCUT2D eigenvalue weighted by atomic mass is 10.4. The normalized spacial score (nSPS) is 12.1. The third kappa shape index (κ3) is 12.7. The van der Waals surface area contributed by atoms with E-state index in [1.54, 1.807) is 20.8 Å². The minimum Gasteiger partial charge on any atom is -0.450 e. The molecule has 0 saturated heterocycles. The summed E-state index contributed by atoms with van der Waals surface area (Å²) in [6.07, 6.45) is -3.68. The molecule has 1 atom stereocenters. The van der Waals surface area contributed by atoms with Crippen molar-refractivity contribution in [3.05, 3.63) is 0 Å². The van der Waals surface area contributed by atoms with Crippen LogP contribution in [0.2, 0.25) is 0 Å². The zero-order valence-corrected chi connectivity index (χ0v) is 12.1. The van der Waals surface area contributed by atoms with Crippen LogP contribution in [-0.4, -0.2) is 54.7 Å². The zero-order chi connectivity index (χ0) is 15.6. The van der Waals surface area contributed by atoms with E-state index in [9.17, 15) is 18.0 Å². The van der Waals surface area contributed by atoms with E-state index < -0.39 is 28.3 Å². The minimum atomic E-state index is -2.74. The number of hydrogen-bond donors (Lipinski definition) is 2. The molecule has 1 unspecified atom stereocenters. The first kappa shape index (κ1) is 19.8. The Hall–Kier alpha value is -1.51. The molecule has 0 saturated carbocycles. The molecule has 0 aliphatic rings. The standard InChI is InChI=1S/C5H8O6.C5H12O2S/c1-3(11-5(8)9)2-10-4(6)7;1-4-8(6,7)5(2)3/h3H,2H2,1H3,(H,6,7)(H,8,9);5H,4H2,1-3H3. The van der Waals surface area contributed by atoms with Crippen LogP contribution in [0.15, 0.2) is 0 Å². The average Bonchev–Trinajstić information content (AvgIpc) is 2.26. The molecule has 0 fully saturated rings. The summed E-state index contributed by atoms with van der Waals surface area (Å²) in [5, 5.41) is 15.8. The second-order valence-electron chi connectivity index (χ2n) is 3.77. The van der Waals surface area contributed by atoms with E-state index in [1.165, 1.54) is 6.92 Å². The second-order valence-corrected chi connectivity index (χ2v) is 6.62. The quantitative estimate of drug-likeness (QED) is 0.733. The molecule has 0 aromatic carbocycles. The molecule has 2 N–H and O–H groups in total. The fraction of sp³-hybridized carbons (Fsp3) is 0.800. The predicted molar refractivity (Wildman–Crippen MR) is 67.1 cm³/mol. The van der Waals surface area contributed by atoms with Gasteiger partial charge in [-0.05, 0) is 20.8 Å². The summed E-state index contributed by atoms with van der Waals surface area (Å²) in [4.78, 5) is 19.6. The van der Waals surface area contributed by atoms with Gasteiger partial charge in [0.15, 0.2) is 9.84 Å². The first-order valence-corrected chi connectivity index (χ1v) is 7.21. The van der Waals surface area contributed by atoms with Crippen molar-refractivity contribution in [2.24, 2.45) is 0 Å². The Morgan fingerprint density at radius 1 is 1.11 bits per heavy atom.